The van der Waals surface area contributed by atoms with Crippen LogP contribution in [0, 0.1) is 11.8 Å². The van der Waals surface area contributed by atoms with E-state index >= 15 is 0 Å². The van der Waals surface area contributed by atoms with Gasteiger partial charge in [0.2, 0.25) is 0 Å². The van der Waals surface area contributed by atoms with Gasteiger partial charge in [-0.1, -0.05) is 5.92 Å². The van der Waals surface area contributed by atoms with Crippen LogP contribution in [-0.4, -0.2) is 11.0 Å². The quantitative estimate of drug-likeness (QED) is 0.291. The summed E-state index contributed by atoms with van der Waals surface area (Å²) in [7, 11) is 0. The molecule has 66 valence electrons. The molecule has 0 aliphatic rings. The standard InChI is InChI=1S/C9H8N2O2/c10-7-3-1-6(5-8(7)12)2-4-9(11)13/h1,3,5,12H,10H2,(H2,11,13). The summed E-state index contributed by atoms with van der Waals surface area (Å²) >= 11 is 0. The van der Waals surface area contributed by atoms with Gasteiger partial charge in [-0.15, -0.1) is 0 Å². The third-order valence-electron chi connectivity index (χ3n) is 1.36. The summed E-state index contributed by atoms with van der Waals surface area (Å²) < 4.78 is 0. The van der Waals surface area contributed by atoms with Crippen LogP contribution in [0.15, 0.2) is 18.2 Å². The van der Waals surface area contributed by atoms with Gasteiger partial charge < -0.3 is 16.6 Å². The van der Waals surface area contributed by atoms with E-state index in [9.17, 15) is 4.79 Å². The molecule has 1 aromatic rings. The van der Waals surface area contributed by atoms with Crippen molar-refractivity contribution in [2.75, 3.05) is 5.73 Å². The first-order valence-corrected chi connectivity index (χ1v) is 3.49. The smallest absolute Gasteiger partial charge is 0.293 e. The molecule has 0 spiro atoms. The molecular formula is C9H8N2O2. The minimum Gasteiger partial charge on any atom is -0.506 e. The lowest BCUT2D eigenvalue weighted by Gasteiger charge is -1.97. The summed E-state index contributed by atoms with van der Waals surface area (Å²) in [5.41, 5.74) is 10.9. The molecule has 1 rings (SSSR count). The number of rotatable bonds is 0. The Labute approximate surface area is 75.2 Å². The van der Waals surface area contributed by atoms with Crippen LogP contribution in [0.25, 0.3) is 0 Å². The van der Waals surface area contributed by atoms with Crippen LogP contribution < -0.4 is 11.5 Å². The minimum absolute atomic E-state index is 0.0590. The second-order valence-corrected chi connectivity index (χ2v) is 2.39. The van der Waals surface area contributed by atoms with E-state index in [4.69, 9.17) is 16.6 Å². The Hall–Kier alpha value is -2.15. The zero-order chi connectivity index (χ0) is 9.84. The van der Waals surface area contributed by atoms with E-state index in [2.05, 4.69) is 11.8 Å². The number of nitrogen functional groups attached to an aromatic ring is 1. The average molecular weight is 176 g/mol. The van der Waals surface area contributed by atoms with Crippen molar-refractivity contribution >= 4 is 11.6 Å². The zero-order valence-corrected chi connectivity index (χ0v) is 6.74. The highest BCUT2D eigenvalue weighted by Gasteiger charge is 1.95. The van der Waals surface area contributed by atoms with Gasteiger partial charge in [0, 0.05) is 5.56 Å². The van der Waals surface area contributed by atoms with Crippen LogP contribution in [0.5, 0.6) is 5.75 Å². The van der Waals surface area contributed by atoms with Crippen molar-refractivity contribution in [2.24, 2.45) is 5.73 Å². The van der Waals surface area contributed by atoms with Crippen molar-refractivity contribution < 1.29 is 9.90 Å². The van der Waals surface area contributed by atoms with Crippen LogP contribution in [-0.2, 0) is 4.79 Å². The van der Waals surface area contributed by atoms with Crippen molar-refractivity contribution in [3.63, 3.8) is 0 Å². The summed E-state index contributed by atoms with van der Waals surface area (Å²) in [4.78, 5) is 10.3. The molecule has 0 bridgehead atoms. The fourth-order valence-corrected chi connectivity index (χ4v) is 0.755. The molecule has 5 N–H and O–H groups in total. The molecule has 0 aliphatic carbocycles. The van der Waals surface area contributed by atoms with Gasteiger partial charge in [-0.25, -0.2) is 0 Å². The molecule has 13 heavy (non-hydrogen) atoms. The number of carbonyl (C=O) groups is 1. The number of hydrogen-bond acceptors (Lipinski definition) is 3. The number of benzene rings is 1. The van der Waals surface area contributed by atoms with Crippen molar-refractivity contribution in [1.29, 1.82) is 0 Å². The molecule has 0 radical (unpaired) electrons. The third kappa shape index (κ3) is 2.42. The van der Waals surface area contributed by atoms with Crippen LogP contribution in [0.1, 0.15) is 5.56 Å². The largest absolute Gasteiger partial charge is 0.506 e. The van der Waals surface area contributed by atoms with Crippen molar-refractivity contribution in [3.8, 4) is 17.6 Å². The molecule has 1 amide bonds. The maximum absolute atomic E-state index is 10.3. The molecule has 4 heteroatoms. The number of nitrogens with two attached hydrogens (primary N) is 2. The first kappa shape index (κ1) is 8.94. The molecular weight excluding hydrogens is 168 g/mol. The summed E-state index contributed by atoms with van der Waals surface area (Å²) in [6.45, 7) is 0. The Morgan fingerprint density at radius 2 is 2.15 bits per heavy atom. The molecule has 0 aliphatic heterocycles. The summed E-state index contributed by atoms with van der Waals surface area (Å²) in [6, 6.07) is 4.45. The van der Waals surface area contributed by atoms with Gasteiger partial charge in [-0.3, -0.25) is 4.79 Å². The van der Waals surface area contributed by atoms with E-state index in [-0.39, 0.29) is 11.4 Å². The lowest BCUT2D eigenvalue weighted by atomic mass is 10.2. The third-order valence-corrected chi connectivity index (χ3v) is 1.36. The van der Waals surface area contributed by atoms with Gasteiger partial charge in [-0.2, -0.15) is 0 Å². The summed E-state index contributed by atoms with van der Waals surface area (Å²) in [5, 5.41) is 9.16. The molecule has 4 nitrogen and oxygen atoms in total. The monoisotopic (exact) mass is 176 g/mol. The highest BCUT2D eigenvalue weighted by atomic mass is 16.3. The number of carbonyl (C=O) groups excluding carboxylic acids is 1. The number of anilines is 1. The number of amides is 1. The molecule has 0 unspecified atom stereocenters. The highest BCUT2D eigenvalue weighted by Crippen LogP contribution is 2.19. The maximum atomic E-state index is 10.3. The summed E-state index contributed by atoms with van der Waals surface area (Å²) in [5.74, 6) is 3.85. The van der Waals surface area contributed by atoms with Crippen molar-refractivity contribution in [3.05, 3.63) is 23.8 Å². The normalized spacial score (nSPS) is 8.62. The number of phenolic OH excluding ortho intramolecular Hbond substituents is 1. The molecule has 0 atom stereocenters. The molecule has 0 aromatic heterocycles. The average Bonchev–Trinajstić information content (AvgIpc) is 2.07. The van der Waals surface area contributed by atoms with Crippen molar-refractivity contribution in [2.45, 2.75) is 0 Å². The van der Waals surface area contributed by atoms with Gasteiger partial charge in [0.05, 0.1) is 5.69 Å². The molecule has 0 saturated heterocycles. The number of phenols is 1. The fourth-order valence-electron chi connectivity index (χ4n) is 0.755. The predicted molar refractivity (Wildman–Crippen MR) is 48.6 cm³/mol. The Morgan fingerprint density at radius 1 is 1.46 bits per heavy atom. The number of primary amides is 1. The fraction of sp³-hybridized carbons (Fsp3) is 0. The van der Waals surface area contributed by atoms with Crippen LogP contribution >= 0.6 is 0 Å². The van der Waals surface area contributed by atoms with E-state index in [0.717, 1.165) is 0 Å². The maximum Gasteiger partial charge on any atom is 0.293 e. The van der Waals surface area contributed by atoms with Crippen LogP contribution in [0.3, 0.4) is 0 Å². The molecule has 0 fully saturated rings. The Balaban J connectivity index is 3.00. The Bertz CT molecular complexity index is 402. The SMILES string of the molecule is NC(=O)C#Cc1ccc(N)c(O)c1. The minimum atomic E-state index is -0.712. The molecule has 0 heterocycles. The van der Waals surface area contributed by atoms with Gasteiger partial charge in [0.25, 0.3) is 5.91 Å². The van der Waals surface area contributed by atoms with Gasteiger partial charge in [0.1, 0.15) is 5.75 Å². The molecule has 1 aromatic carbocycles. The zero-order valence-electron chi connectivity index (χ0n) is 6.74. The second kappa shape index (κ2) is 3.50. The lowest BCUT2D eigenvalue weighted by molar-refractivity contribution is -0.112. The Kier molecular flexibility index (Phi) is 2.41. The molecule has 0 saturated carbocycles. The van der Waals surface area contributed by atoms with E-state index < -0.39 is 5.91 Å². The van der Waals surface area contributed by atoms with Gasteiger partial charge >= 0.3 is 0 Å². The van der Waals surface area contributed by atoms with E-state index in [0.29, 0.717) is 5.56 Å². The number of hydrogen-bond donors (Lipinski definition) is 3. The topological polar surface area (TPSA) is 89.3 Å². The lowest BCUT2D eigenvalue weighted by Crippen LogP contribution is -2.06. The highest BCUT2D eigenvalue weighted by molar-refractivity contribution is 5.92. The predicted octanol–water partition coefficient (Wildman–Crippen LogP) is -0.189. The second-order valence-electron chi connectivity index (χ2n) is 2.39. The summed E-state index contributed by atoms with van der Waals surface area (Å²) in [6.07, 6.45) is 0. The van der Waals surface area contributed by atoms with Crippen molar-refractivity contribution in [1.82, 2.24) is 0 Å². The van der Waals surface area contributed by atoms with Gasteiger partial charge in [0.15, 0.2) is 0 Å². The van der Waals surface area contributed by atoms with E-state index in [1.165, 1.54) is 12.1 Å². The van der Waals surface area contributed by atoms with Crippen LogP contribution in [0.2, 0.25) is 0 Å². The Morgan fingerprint density at radius 3 is 2.69 bits per heavy atom. The van der Waals surface area contributed by atoms with E-state index in [1.54, 1.807) is 6.07 Å². The number of aromatic hydroxyl groups is 1. The first-order chi connectivity index (χ1) is 6.09. The van der Waals surface area contributed by atoms with Crippen LogP contribution in [0.4, 0.5) is 5.69 Å². The van der Waals surface area contributed by atoms with E-state index in [1.807, 2.05) is 0 Å². The first-order valence-electron chi connectivity index (χ1n) is 3.49. The van der Waals surface area contributed by atoms with Gasteiger partial charge in [-0.05, 0) is 24.1 Å².